The minimum absolute atomic E-state index is 0.0974. The quantitative estimate of drug-likeness (QED) is 0.645. The summed E-state index contributed by atoms with van der Waals surface area (Å²) in [5.74, 6) is 0. The van der Waals surface area contributed by atoms with Gasteiger partial charge in [0.15, 0.2) is 0 Å². The fourth-order valence-electron chi connectivity index (χ4n) is 2.75. The first-order valence-electron chi connectivity index (χ1n) is 7.94. The number of aryl methyl sites for hydroxylation is 1. The minimum atomic E-state index is -0.0974. The van der Waals surface area contributed by atoms with Gasteiger partial charge in [-0.2, -0.15) is 5.10 Å². The molecule has 0 saturated carbocycles. The van der Waals surface area contributed by atoms with Crippen LogP contribution in [-0.2, 0) is 11.5 Å². The van der Waals surface area contributed by atoms with Crippen LogP contribution >= 0.6 is 11.8 Å². The average molecular weight is 352 g/mol. The van der Waals surface area contributed by atoms with Crippen LogP contribution in [0.3, 0.4) is 0 Å². The maximum absolute atomic E-state index is 12.7. The van der Waals surface area contributed by atoms with Crippen molar-refractivity contribution >= 4 is 11.8 Å². The Morgan fingerprint density at radius 2 is 1.68 bits per heavy atom. The van der Waals surface area contributed by atoms with Crippen LogP contribution in [0.2, 0.25) is 0 Å². The molecular formula is C20H20N2O2S. The predicted octanol–water partition coefficient (Wildman–Crippen LogP) is 4.21. The number of hydrogen-bond donors (Lipinski definition) is 0. The second kappa shape index (κ2) is 7.68. The van der Waals surface area contributed by atoms with Crippen LogP contribution in [0.1, 0.15) is 5.56 Å². The third-order valence-electron chi connectivity index (χ3n) is 4.01. The summed E-state index contributed by atoms with van der Waals surface area (Å²) in [7, 11) is 1.62. The predicted molar refractivity (Wildman–Crippen MR) is 103 cm³/mol. The summed E-state index contributed by atoms with van der Waals surface area (Å²) in [4.78, 5) is 13.8. The van der Waals surface area contributed by atoms with Crippen LogP contribution in [-0.4, -0.2) is 23.1 Å². The number of ether oxygens (including phenoxy) is 1. The lowest BCUT2D eigenvalue weighted by Crippen LogP contribution is -2.17. The molecule has 1 aromatic heterocycles. The normalized spacial score (nSPS) is 10.8. The van der Waals surface area contributed by atoms with E-state index in [4.69, 9.17) is 4.74 Å². The maximum atomic E-state index is 12.7. The standard InChI is InChI=1S/C20H20N2O2S/c1-14-4-6-16(7-5-14)20-19(15-8-10-17(25-3)11-9-15)18(23)12-21-22(20)13-24-2/h4-12H,13H2,1-3H3. The van der Waals surface area contributed by atoms with Gasteiger partial charge in [-0.3, -0.25) is 4.79 Å². The third kappa shape index (κ3) is 3.67. The van der Waals surface area contributed by atoms with Crippen LogP contribution in [0.4, 0.5) is 0 Å². The van der Waals surface area contributed by atoms with Gasteiger partial charge >= 0.3 is 0 Å². The van der Waals surface area contributed by atoms with Crippen molar-refractivity contribution in [3.05, 3.63) is 70.5 Å². The van der Waals surface area contributed by atoms with E-state index in [9.17, 15) is 4.79 Å². The highest BCUT2D eigenvalue weighted by Gasteiger charge is 2.16. The fraction of sp³-hybridized carbons (Fsp3) is 0.200. The van der Waals surface area contributed by atoms with Gasteiger partial charge in [0.1, 0.15) is 6.73 Å². The van der Waals surface area contributed by atoms with Crippen molar-refractivity contribution in [3.8, 4) is 22.4 Å². The van der Waals surface area contributed by atoms with Gasteiger partial charge in [-0.15, -0.1) is 11.8 Å². The molecule has 128 valence electrons. The first kappa shape index (κ1) is 17.5. The Bertz CT molecular complexity index is 916. The van der Waals surface area contributed by atoms with E-state index < -0.39 is 0 Å². The van der Waals surface area contributed by atoms with E-state index in [1.165, 1.54) is 11.8 Å². The molecule has 2 aromatic carbocycles. The van der Waals surface area contributed by atoms with Crippen molar-refractivity contribution in [2.45, 2.75) is 18.6 Å². The van der Waals surface area contributed by atoms with Crippen molar-refractivity contribution in [2.24, 2.45) is 0 Å². The Morgan fingerprint density at radius 3 is 2.28 bits per heavy atom. The fourth-order valence-corrected chi connectivity index (χ4v) is 3.16. The third-order valence-corrected chi connectivity index (χ3v) is 4.75. The van der Waals surface area contributed by atoms with E-state index in [1.54, 1.807) is 23.6 Å². The molecule has 0 aliphatic heterocycles. The van der Waals surface area contributed by atoms with Crippen LogP contribution in [0.15, 0.2) is 64.4 Å². The second-order valence-electron chi connectivity index (χ2n) is 5.74. The maximum Gasteiger partial charge on any atom is 0.208 e. The molecule has 0 atom stereocenters. The Labute approximate surface area is 151 Å². The number of methoxy groups -OCH3 is 1. The minimum Gasteiger partial charge on any atom is -0.362 e. The van der Waals surface area contributed by atoms with E-state index in [1.807, 2.05) is 61.7 Å². The van der Waals surface area contributed by atoms with Gasteiger partial charge in [0.25, 0.3) is 0 Å². The number of thioether (sulfide) groups is 1. The summed E-state index contributed by atoms with van der Waals surface area (Å²) < 4.78 is 7.00. The van der Waals surface area contributed by atoms with Gasteiger partial charge in [0.2, 0.25) is 5.43 Å². The van der Waals surface area contributed by atoms with Crippen LogP contribution in [0, 0.1) is 6.92 Å². The number of rotatable bonds is 5. The van der Waals surface area contributed by atoms with Crippen LogP contribution in [0.5, 0.6) is 0 Å². The van der Waals surface area contributed by atoms with Gasteiger partial charge in [0, 0.05) is 17.6 Å². The molecule has 3 aromatic rings. The van der Waals surface area contributed by atoms with Crippen molar-refractivity contribution in [3.63, 3.8) is 0 Å². The summed E-state index contributed by atoms with van der Waals surface area (Å²) >= 11 is 1.67. The highest BCUT2D eigenvalue weighted by Crippen LogP contribution is 2.30. The largest absolute Gasteiger partial charge is 0.362 e. The van der Waals surface area contributed by atoms with Gasteiger partial charge in [-0.1, -0.05) is 42.0 Å². The molecular weight excluding hydrogens is 332 g/mol. The lowest BCUT2D eigenvalue weighted by atomic mass is 9.99. The van der Waals surface area contributed by atoms with E-state index in [0.717, 1.165) is 21.7 Å². The molecule has 1 heterocycles. The number of benzene rings is 2. The van der Waals surface area contributed by atoms with Gasteiger partial charge in [0.05, 0.1) is 17.5 Å². The van der Waals surface area contributed by atoms with Crippen LogP contribution in [0.25, 0.3) is 22.4 Å². The first-order valence-corrected chi connectivity index (χ1v) is 9.17. The van der Waals surface area contributed by atoms with Crippen molar-refractivity contribution in [2.75, 3.05) is 13.4 Å². The highest BCUT2D eigenvalue weighted by molar-refractivity contribution is 7.98. The smallest absolute Gasteiger partial charge is 0.208 e. The number of nitrogens with zero attached hydrogens (tertiary/aromatic N) is 2. The van der Waals surface area contributed by atoms with E-state index in [2.05, 4.69) is 5.10 Å². The molecule has 0 amide bonds. The molecule has 0 bridgehead atoms. The summed E-state index contributed by atoms with van der Waals surface area (Å²) in [6, 6.07) is 16.1. The zero-order valence-electron chi connectivity index (χ0n) is 14.5. The summed E-state index contributed by atoms with van der Waals surface area (Å²) in [6.45, 7) is 2.32. The molecule has 0 fully saturated rings. The molecule has 25 heavy (non-hydrogen) atoms. The molecule has 0 spiro atoms. The van der Waals surface area contributed by atoms with Gasteiger partial charge < -0.3 is 4.74 Å². The topological polar surface area (TPSA) is 44.1 Å². The van der Waals surface area contributed by atoms with Crippen molar-refractivity contribution in [1.82, 2.24) is 9.78 Å². The molecule has 0 radical (unpaired) electrons. The Kier molecular flexibility index (Phi) is 5.36. The van der Waals surface area contributed by atoms with Crippen LogP contribution < -0.4 is 5.43 Å². The lowest BCUT2D eigenvalue weighted by Gasteiger charge is -2.16. The van der Waals surface area contributed by atoms with Crippen molar-refractivity contribution in [1.29, 1.82) is 0 Å². The second-order valence-corrected chi connectivity index (χ2v) is 6.62. The Morgan fingerprint density at radius 1 is 1.04 bits per heavy atom. The zero-order valence-corrected chi connectivity index (χ0v) is 15.3. The monoisotopic (exact) mass is 352 g/mol. The molecule has 3 rings (SSSR count). The molecule has 0 saturated heterocycles. The lowest BCUT2D eigenvalue weighted by molar-refractivity contribution is 0.121. The zero-order chi connectivity index (χ0) is 17.8. The van der Waals surface area contributed by atoms with Crippen molar-refractivity contribution < 1.29 is 4.74 Å². The number of hydrogen-bond acceptors (Lipinski definition) is 4. The average Bonchev–Trinajstić information content (AvgIpc) is 2.64. The molecule has 0 aliphatic rings. The SMILES string of the molecule is COCn1ncc(=O)c(-c2ccc(SC)cc2)c1-c1ccc(C)cc1. The molecule has 0 unspecified atom stereocenters. The van der Waals surface area contributed by atoms with Gasteiger partial charge in [-0.25, -0.2) is 4.68 Å². The summed E-state index contributed by atoms with van der Waals surface area (Å²) in [5.41, 5.74) is 4.30. The molecule has 4 nitrogen and oxygen atoms in total. The van der Waals surface area contributed by atoms with E-state index in [0.29, 0.717) is 5.56 Å². The Balaban J connectivity index is 2.26. The first-order chi connectivity index (χ1) is 12.1. The summed E-state index contributed by atoms with van der Waals surface area (Å²) in [5, 5.41) is 4.26. The molecule has 0 aliphatic carbocycles. The summed E-state index contributed by atoms with van der Waals surface area (Å²) in [6.07, 6.45) is 3.39. The van der Waals surface area contributed by atoms with E-state index >= 15 is 0 Å². The highest BCUT2D eigenvalue weighted by atomic mass is 32.2. The molecule has 5 heteroatoms. The number of aromatic nitrogens is 2. The molecule has 0 N–H and O–H groups in total. The van der Waals surface area contributed by atoms with E-state index in [-0.39, 0.29) is 12.2 Å². The van der Waals surface area contributed by atoms with Gasteiger partial charge in [-0.05, 0) is 30.9 Å². The Hall–Kier alpha value is -2.37.